The zero-order valence-electron chi connectivity index (χ0n) is 20.3. The third-order valence-corrected chi connectivity index (χ3v) is 9.97. The molecule has 0 aliphatic carbocycles. The molecule has 0 bridgehead atoms. The summed E-state index contributed by atoms with van der Waals surface area (Å²) in [5.74, 6) is 0.314. The predicted octanol–water partition coefficient (Wildman–Crippen LogP) is 4.53. The smallest absolute Gasteiger partial charge is 0.269 e. The minimum absolute atomic E-state index is 0.00883. The van der Waals surface area contributed by atoms with Crippen molar-refractivity contribution in [2.75, 3.05) is 37.6 Å². The first-order valence-electron chi connectivity index (χ1n) is 10.7. The Morgan fingerprint density at radius 3 is 2.60 bits per heavy atom. The Labute approximate surface area is 222 Å². The Kier molecular flexibility index (Phi) is 11.1. The molecule has 14 heteroatoms. The van der Waals surface area contributed by atoms with E-state index in [2.05, 4.69) is 34.9 Å². The van der Waals surface area contributed by atoms with E-state index in [-0.39, 0.29) is 39.3 Å². The number of thioether (sulfide) groups is 1. The minimum Gasteiger partial charge on any atom is -0.478 e. The van der Waals surface area contributed by atoms with E-state index in [1.54, 1.807) is 7.05 Å². The molecule has 0 atom stereocenters. The molecule has 0 saturated heterocycles. The van der Waals surface area contributed by atoms with Crippen LogP contribution in [0.3, 0.4) is 0 Å². The van der Waals surface area contributed by atoms with Gasteiger partial charge in [-0.2, -0.15) is 0 Å². The van der Waals surface area contributed by atoms with Crippen LogP contribution in [0.5, 0.6) is 5.88 Å². The average molecular weight is 582 g/mol. The fourth-order valence-electron chi connectivity index (χ4n) is 2.67. The molecule has 0 spiro atoms. The van der Waals surface area contributed by atoms with Gasteiger partial charge in [0.2, 0.25) is 11.7 Å². The number of rotatable bonds is 13. The molecule has 0 radical (unpaired) electrons. The van der Waals surface area contributed by atoms with Crippen molar-refractivity contribution in [1.82, 2.24) is 15.3 Å². The second-order valence-electron chi connectivity index (χ2n) is 8.57. The Balaban J connectivity index is 2.41. The standard InChI is InChI=1S/C21H30Cl2N4O5S2Si/c1-24-17(28)9-11-33-18-13-25-20(21(26-18)31-2)27(14-32-10-12-35(3,4)5)34(29,30)16-8-6-7-15(22)19(16)23/h6-8,13H,9-12,14H2,1-5H3,(H,24,28). The normalized spacial score (nSPS) is 11.9. The Morgan fingerprint density at radius 1 is 1.26 bits per heavy atom. The van der Waals surface area contributed by atoms with Gasteiger partial charge in [-0.25, -0.2) is 22.7 Å². The average Bonchev–Trinajstić information content (AvgIpc) is 2.79. The fourth-order valence-corrected chi connectivity index (χ4v) is 6.24. The molecule has 1 amide bonds. The Morgan fingerprint density at radius 2 is 1.97 bits per heavy atom. The number of carbonyl (C=O) groups is 1. The van der Waals surface area contributed by atoms with Gasteiger partial charge in [0.1, 0.15) is 16.7 Å². The summed E-state index contributed by atoms with van der Waals surface area (Å²) in [4.78, 5) is 20.0. The molecule has 0 unspecified atom stereocenters. The van der Waals surface area contributed by atoms with Gasteiger partial charge in [-0.3, -0.25) is 4.79 Å². The van der Waals surface area contributed by atoms with Crippen molar-refractivity contribution in [1.29, 1.82) is 0 Å². The van der Waals surface area contributed by atoms with Crippen molar-refractivity contribution in [2.24, 2.45) is 0 Å². The van der Waals surface area contributed by atoms with Crippen molar-refractivity contribution >= 4 is 64.8 Å². The number of anilines is 1. The van der Waals surface area contributed by atoms with Gasteiger partial charge in [0.05, 0.1) is 23.4 Å². The molecule has 1 aromatic heterocycles. The summed E-state index contributed by atoms with van der Waals surface area (Å²) in [6.45, 7) is 6.67. The highest BCUT2D eigenvalue weighted by molar-refractivity contribution is 7.99. The highest BCUT2D eigenvalue weighted by Gasteiger charge is 2.32. The highest BCUT2D eigenvalue weighted by Crippen LogP contribution is 2.35. The lowest BCUT2D eigenvalue weighted by Gasteiger charge is -2.25. The number of ether oxygens (including phenoxy) is 2. The van der Waals surface area contributed by atoms with Crippen LogP contribution in [0, 0.1) is 0 Å². The number of nitrogens with one attached hydrogen (secondary N) is 1. The molecule has 0 fully saturated rings. The van der Waals surface area contributed by atoms with Gasteiger partial charge < -0.3 is 14.8 Å². The van der Waals surface area contributed by atoms with Crippen molar-refractivity contribution in [3.63, 3.8) is 0 Å². The third-order valence-electron chi connectivity index (χ3n) is 4.68. The van der Waals surface area contributed by atoms with Gasteiger partial charge in [0.25, 0.3) is 15.9 Å². The second kappa shape index (κ2) is 13.1. The first kappa shape index (κ1) is 29.7. The topological polar surface area (TPSA) is 111 Å². The van der Waals surface area contributed by atoms with Crippen molar-refractivity contribution in [3.8, 4) is 5.88 Å². The van der Waals surface area contributed by atoms with Gasteiger partial charge in [0, 0.05) is 33.9 Å². The SMILES string of the molecule is CNC(=O)CCSc1cnc(N(COCC[Si](C)(C)C)S(=O)(=O)c2cccc(Cl)c2Cl)c(OC)n1. The summed E-state index contributed by atoms with van der Waals surface area (Å²) >= 11 is 13.6. The van der Waals surface area contributed by atoms with Gasteiger partial charge in [-0.05, 0) is 18.2 Å². The zero-order chi connectivity index (χ0) is 26.2. The molecule has 0 aliphatic rings. The maximum absolute atomic E-state index is 13.7. The number of aromatic nitrogens is 2. The predicted molar refractivity (Wildman–Crippen MR) is 143 cm³/mol. The summed E-state index contributed by atoms with van der Waals surface area (Å²) < 4.78 is 39.5. The van der Waals surface area contributed by atoms with E-state index in [9.17, 15) is 13.2 Å². The molecule has 1 aromatic carbocycles. The van der Waals surface area contributed by atoms with Crippen LogP contribution in [-0.2, 0) is 19.6 Å². The molecular formula is C21H30Cl2N4O5S2Si. The van der Waals surface area contributed by atoms with Gasteiger partial charge in [-0.15, -0.1) is 11.8 Å². The summed E-state index contributed by atoms with van der Waals surface area (Å²) in [6, 6.07) is 5.22. The van der Waals surface area contributed by atoms with Crippen molar-refractivity contribution in [3.05, 3.63) is 34.4 Å². The van der Waals surface area contributed by atoms with Crippen LogP contribution in [-0.4, -0.2) is 65.6 Å². The van der Waals surface area contributed by atoms with Crippen LogP contribution in [0.4, 0.5) is 5.82 Å². The molecule has 0 aliphatic heterocycles. The van der Waals surface area contributed by atoms with E-state index < -0.39 is 18.1 Å². The van der Waals surface area contributed by atoms with Crippen LogP contribution in [0.25, 0.3) is 0 Å². The van der Waals surface area contributed by atoms with Crippen LogP contribution in [0.2, 0.25) is 35.7 Å². The van der Waals surface area contributed by atoms with Crippen molar-refractivity contribution < 1.29 is 22.7 Å². The van der Waals surface area contributed by atoms with E-state index in [1.807, 2.05) is 0 Å². The lowest BCUT2D eigenvalue weighted by Crippen LogP contribution is -2.35. The number of nitrogens with zero attached hydrogens (tertiary/aromatic N) is 3. The van der Waals surface area contributed by atoms with Crippen LogP contribution in [0.15, 0.2) is 34.3 Å². The maximum Gasteiger partial charge on any atom is 0.269 e. The molecule has 9 nitrogen and oxygen atoms in total. The van der Waals surface area contributed by atoms with Gasteiger partial charge in [-0.1, -0.05) is 48.9 Å². The number of carbonyl (C=O) groups excluding carboxylic acids is 1. The lowest BCUT2D eigenvalue weighted by molar-refractivity contribution is -0.120. The number of methoxy groups -OCH3 is 1. The zero-order valence-corrected chi connectivity index (χ0v) is 24.4. The van der Waals surface area contributed by atoms with Crippen LogP contribution < -0.4 is 14.4 Å². The van der Waals surface area contributed by atoms with E-state index in [0.717, 1.165) is 10.3 Å². The Bertz CT molecular complexity index is 1130. The molecule has 0 saturated carbocycles. The van der Waals surface area contributed by atoms with E-state index in [0.29, 0.717) is 23.8 Å². The van der Waals surface area contributed by atoms with Crippen LogP contribution in [0.1, 0.15) is 6.42 Å². The Hall–Kier alpha value is -1.57. The number of hydrogen-bond donors (Lipinski definition) is 1. The van der Waals surface area contributed by atoms with Gasteiger partial charge >= 0.3 is 0 Å². The number of halogens is 2. The molecule has 35 heavy (non-hydrogen) atoms. The first-order chi connectivity index (χ1) is 16.4. The van der Waals surface area contributed by atoms with E-state index in [4.69, 9.17) is 32.7 Å². The summed E-state index contributed by atoms with van der Waals surface area (Å²) in [5.41, 5.74) is 0. The molecule has 2 aromatic rings. The van der Waals surface area contributed by atoms with Crippen LogP contribution >= 0.6 is 35.0 Å². The third kappa shape index (κ3) is 8.50. The molecule has 2 rings (SSSR count). The molecule has 194 valence electrons. The maximum atomic E-state index is 13.7. The number of hydrogen-bond acceptors (Lipinski definition) is 8. The monoisotopic (exact) mass is 580 g/mol. The van der Waals surface area contributed by atoms with E-state index >= 15 is 0 Å². The van der Waals surface area contributed by atoms with Crippen molar-refractivity contribution in [2.45, 2.75) is 42.0 Å². The molecule has 1 N–H and O–H groups in total. The largest absolute Gasteiger partial charge is 0.478 e. The number of benzene rings is 1. The second-order valence-corrected chi connectivity index (χ2v) is 17.9. The van der Waals surface area contributed by atoms with Gasteiger partial charge in [0.15, 0.2) is 0 Å². The minimum atomic E-state index is -4.24. The molecule has 1 heterocycles. The molecular weight excluding hydrogens is 551 g/mol. The lowest BCUT2D eigenvalue weighted by atomic mass is 10.4. The van der Waals surface area contributed by atoms with E-state index in [1.165, 1.54) is 43.3 Å². The quantitative estimate of drug-likeness (QED) is 0.159. The summed E-state index contributed by atoms with van der Waals surface area (Å²) in [5, 5.41) is 3.04. The summed E-state index contributed by atoms with van der Waals surface area (Å²) in [7, 11) is -2.70. The fraction of sp³-hybridized carbons (Fsp3) is 0.476. The number of amides is 1. The number of sulfonamides is 1. The first-order valence-corrected chi connectivity index (χ1v) is 17.6. The summed E-state index contributed by atoms with van der Waals surface area (Å²) in [6.07, 6.45) is 1.72. The highest BCUT2D eigenvalue weighted by atomic mass is 35.5.